The van der Waals surface area contributed by atoms with Gasteiger partial charge in [-0.1, -0.05) is 0 Å². The molecule has 166 valence electrons. The fourth-order valence-corrected chi connectivity index (χ4v) is 4.99. The molecular weight excluding hydrogens is 381 g/mol. The van der Waals surface area contributed by atoms with Gasteiger partial charge in [-0.3, -0.25) is 9.89 Å². The van der Waals surface area contributed by atoms with Crippen LogP contribution in [0.5, 0.6) is 0 Å². The van der Waals surface area contributed by atoms with Crippen LogP contribution in [0.15, 0.2) is 29.3 Å². The average molecular weight is 418 g/mol. The summed E-state index contributed by atoms with van der Waals surface area (Å²) in [4.78, 5) is 12.5. The third kappa shape index (κ3) is 4.89. The molecule has 1 aromatic carbocycles. The van der Waals surface area contributed by atoms with Crippen LogP contribution < -0.4 is 10.2 Å². The lowest BCUT2D eigenvalue weighted by atomic mass is 9.88. The minimum atomic E-state index is -0.181. The van der Waals surface area contributed by atoms with Crippen molar-refractivity contribution in [2.24, 2.45) is 4.99 Å². The van der Waals surface area contributed by atoms with E-state index in [1.807, 2.05) is 12.1 Å². The van der Waals surface area contributed by atoms with Crippen LogP contribution in [0.1, 0.15) is 32.6 Å². The zero-order chi connectivity index (χ0) is 20.8. The molecule has 1 aromatic rings. The number of rotatable bonds is 5. The van der Waals surface area contributed by atoms with Crippen molar-refractivity contribution in [2.75, 3.05) is 70.5 Å². The first-order valence-corrected chi connectivity index (χ1v) is 11.6. The fourth-order valence-electron chi connectivity index (χ4n) is 4.99. The number of anilines is 1. The van der Waals surface area contributed by atoms with E-state index < -0.39 is 0 Å². The van der Waals surface area contributed by atoms with Crippen LogP contribution >= 0.6 is 0 Å². The summed E-state index contributed by atoms with van der Waals surface area (Å²) < 4.78 is 18.9. The van der Waals surface area contributed by atoms with Crippen molar-refractivity contribution in [1.82, 2.24) is 15.1 Å². The zero-order valence-corrected chi connectivity index (χ0v) is 18.3. The van der Waals surface area contributed by atoms with E-state index in [-0.39, 0.29) is 11.4 Å². The standard InChI is InChI=1S/C23H36FN5O/c1-2-25-22(26-19-23(9-17-30-18-10-23)29-11-3-4-12-29)28-15-13-27(14-16-28)21-7-5-20(24)6-8-21/h5-8H,2-4,9-19H2,1H3,(H,25,26). The van der Waals surface area contributed by atoms with Gasteiger partial charge < -0.3 is 19.9 Å². The first-order valence-electron chi connectivity index (χ1n) is 11.6. The van der Waals surface area contributed by atoms with Gasteiger partial charge in [-0.25, -0.2) is 4.39 Å². The molecule has 3 aliphatic rings. The Morgan fingerprint density at radius 1 is 1.03 bits per heavy atom. The fraction of sp³-hybridized carbons (Fsp3) is 0.696. The predicted octanol–water partition coefficient (Wildman–Crippen LogP) is 2.56. The van der Waals surface area contributed by atoms with Crippen LogP contribution in [0.4, 0.5) is 10.1 Å². The van der Waals surface area contributed by atoms with Crippen molar-refractivity contribution in [3.8, 4) is 0 Å². The highest BCUT2D eigenvalue weighted by Crippen LogP contribution is 2.31. The van der Waals surface area contributed by atoms with Crippen LogP contribution in [0.25, 0.3) is 0 Å². The van der Waals surface area contributed by atoms with Gasteiger partial charge >= 0.3 is 0 Å². The number of hydrogen-bond acceptors (Lipinski definition) is 4. The number of aliphatic imine (C=N–C) groups is 1. The number of benzene rings is 1. The molecule has 1 N–H and O–H groups in total. The van der Waals surface area contributed by atoms with Crippen molar-refractivity contribution in [1.29, 1.82) is 0 Å². The zero-order valence-electron chi connectivity index (χ0n) is 18.3. The molecule has 3 heterocycles. The van der Waals surface area contributed by atoms with E-state index in [0.717, 1.165) is 77.0 Å². The molecule has 3 saturated heterocycles. The van der Waals surface area contributed by atoms with Gasteiger partial charge in [0.25, 0.3) is 0 Å². The molecule has 0 saturated carbocycles. The van der Waals surface area contributed by atoms with Gasteiger partial charge in [-0.15, -0.1) is 0 Å². The highest BCUT2D eigenvalue weighted by molar-refractivity contribution is 5.80. The van der Waals surface area contributed by atoms with E-state index in [2.05, 4.69) is 26.9 Å². The van der Waals surface area contributed by atoms with Gasteiger partial charge in [-0.2, -0.15) is 0 Å². The van der Waals surface area contributed by atoms with Gasteiger partial charge in [0.2, 0.25) is 0 Å². The lowest BCUT2D eigenvalue weighted by Crippen LogP contribution is -2.55. The molecular formula is C23H36FN5O. The lowest BCUT2D eigenvalue weighted by molar-refractivity contribution is -0.0139. The Hall–Kier alpha value is -1.86. The van der Waals surface area contributed by atoms with Crippen molar-refractivity contribution in [3.63, 3.8) is 0 Å². The Bertz CT molecular complexity index is 690. The number of likely N-dealkylation sites (tertiary alicyclic amines) is 1. The predicted molar refractivity (Wildman–Crippen MR) is 120 cm³/mol. The summed E-state index contributed by atoms with van der Waals surface area (Å²) in [6.45, 7) is 11.6. The summed E-state index contributed by atoms with van der Waals surface area (Å²) in [6.07, 6.45) is 4.76. The van der Waals surface area contributed by atoms with Crippen LogP contribution in [-0.2, 0) is 4.74 Å². The summed E-state index contributed by atoms with van der Waals surface area (Å²) in [5.41, 5.74) is 1.25. The van der Waals surface area contributed by atoms with Crippen molar-refractivity contribution in [3.05, 3.63) is 30.1 Å². The second-order valence-electron chi connectivity index (χ2n) is 8.65. The minimum Gasteiger partial charge on any atom is -0.381 e. The summed E-state index contributed by atoms with van der Waals surface area (Å²) in [5.74, 6) is 0.848. The number of piperazine rings is 1. The van der Waals surface area contributed by atoms with Gasteiger partial charge in [0.15, 0.2) is 5.96 Å². The first-order chi connectivity index (χ1) is 14.7. The molecule has 0 unspecified atom stereocenters. The van der Waals surface area contributed by atoms with Crippen LogP contribution in [0.3, 0.4) is 0 Å². The van der Waals surface area contributed by atoms with Crippen LogP contribution in [0, 0.1) is 5.82 Å². The second kappa shape index (κ2) is 9.96. The smallest absolute Gasteiger partial charge is 0.194 e. The average Bonchev–Trinajstić information content (AvgIpc) is 3.34. The van der Waals surface area contributed by atoms with Gasteiger partial charge in [-0.05, 0) is 70.0 Å². The molecule has 3 fully saturated rings. The van der Waals surface area contributed by atoms with Crippen LogP contribution in [-0.4, -0.2) is 86.9 Å². The van der Waals surface area contributed by atoms with E-state index in [1.165, 1.54) is 25.9 Å². The van der Waals surface area contributed by atoms with Crippen molar-refractivity contribution >= 4 is 11.6 Å². The first kappa shape index (κ1) is 21.4. The van der Waals surface area contributed by atoms with E-state index >= 15 is 0 Å². The largest absolute Gasteiger partial charge is 0.381 e. The third-order valence-electron chi connectivity index (χ3n) is 6.83. The maximum atomic E-state index is 13.2. The molecule has 0 aliphatic carbocycles. The summed E-state index contributed by atoms with van der Waals surface area (Å²) in [7, 11) is 0. The molecule has 0 radical (unpaired) electrons. The summed E-state index contributed by atoms with van der Waals surface area (Å²) >= 11 is 0. The highest BCUT2D eigenvalue weighted by Gasteiger charge is 2.39. The Morgan fingerprint density at radius 2 is 1.70 bits per heavy atom. The van der Waals surface area contributed by atoms with Gasteiger partial charge in [0.05, 0.1) is 6.54 Å². The van der Waals surface area contributed by atoms with E-state index in [0.29, 0.717) is 0 Å². The number of nitrogens with zero attached hydrogens (tertiary/aromatic N) is 4. The molecule has 7 heteroatoms. The summed E-state index contributed by atoms with van der Waals surface area (Å²) in [5, 5.41) is 3.52. The topological polar surface area (TPSA) is 43.3 Å². The number of ether oxygens (including phenoxy) is 1. The van der Waals surface area contributed by atoms with Gasteiger partial charge in [0.1, 0.15) is 5.82 Å². The Labute approximate surface area is 180 Å². The molecule has 3 aliphatic heterocycles. The third-order valence-corrected chi connectivity index (χ3v) is 6.83. The molecule has 6 nitrogen and oxygen atoms in total. The number of halogens is 1. The minimum absolute atomic E-state index is 0.158. The second-order valence-corrected chi connectivity index (χ2v) is 8.65. The van der Waals surface area contributed by atoms with Crippen LogP contribution in [0.2, 0.25) is 0 Å². The quantitative estimate of drug-likeness (QED) is 0.589. The Kier molecular flexibility index (Phi) is 7.10. The Balaban J connectivity index is 1.41. The molecule has 4 rings (SSSR count). The van der Waals surface area contributed by atoms with E-state index in [4.69, 9.17) is 9.73 Å². The normalized spacial score (nSPS) is 23.1. The maximum Gasteiger partial charge on any atom is 0.194 e. The maximum absolute atomic E-state index is 13.2. The summed E-state index contributed by atoms with van der Waals surface area (Å²) in [6, 6.07) is 6.82. The molecule has 0 aromatic heterocycles. The molecule has 0 amide bonds. The van der Waals surface area contributed by atoms with Gasteiger partial charge in [0, 0.05) is 57.2 Å². The monoisotopic (exact) mass is 417 g/mol. The molecule has 0 bridgehead atoms. The number of hydrogen-bond donors (Lipinski definition) is 1. The molecule has 30 heavy (non-hydrogen) atoms. The highest BCUT2D eigenvalue weighted by atomic mass is 19.1. The number of nitrogens with one attached hydrogen (secondary N) is 1. The Morgan fingerprint density at radius 3 is 2.33 bits per heavy atom. The van der Waals surface area contributed by atoms with Crippen molar-refractivity contribution < 1.29 is 9.13 Å². The van der Waals surface area contributed by atoms with Crippen molar-refractivity contribution in [2.45, 2.75) is 38.1 Å². The lowest BCUT2D eigenvalue weighted by Gasteiger charge is -2.44. The SMILES string of the molecule is CCNC(=NCC1(N2CCCC2)CCOCC1)N1CCN(c2ccc(F)cc2)CC1. The number of guanidine groups is 1. The molecule has 0 atom stereocenters. The van der Waals surface area contributed by atoms with E-state index in [1.54, 1.807) is 12.1 Å². The molecule has 0 spiro atoms. The van der Waals surface area contributed by atoms with E-state index in [9.17, 15) is 4.39 Å².